The second kappa shape index (κ2) is 7.26. The molecule has 19 heavy (non-hydrogen) atoms. The number of ether oxygens (including phenoxy) is 1. The van der Waals surface area contributed by atoms with Gasteiger partial charge in [-0.3, -0.25) is 4.79 Å². The van der Waals surface area contributed by atoms with Crippen molar-refractivity contribution in [1.29, 1.82) is 0 Å². The standard InChI is InChI=1S/C15H24N2O2/c1-4-19-11-12-7-5-6-8-13(12)17-14(18)9-10-15(2,3)16/h5-8H,4,9-11,16H2,1-3H3,(H,17,18). The molecular weight excluding hydrogens is 240 g/mol. The minimum Gasteiger partial charge on any atom is -0.377 e. The molecule has 0 aliphatic heterocycles. The molecule has 0 bridgehead atoms. The average molecular weight is 264 g/mol. The van der Waals surface area contributed by atoms with Crippen LogP contribution in [0, 0.1) is 0 Å². The summed E-state index contributed by atoms with van der Waals surface area (Å²) in [6.07, 6.45) is 1.08. The molecule has 0 radical (unpaired) electrons. The Morgan fingerprint density at radius 3 is 2.68 bits per heavy atom. The first-order chi connectivity index (χ1) is 8.92. The van der Waals surface area contributed by atoms with Gasteiger partial charge in [0.15, 0.2) is 0 Å². The number of hydrogen-bond acceptors (Lipinski definition) is 3. The molecule has 0 aliphatic carbocycles. The Labute approximate surface area is 115 Å². The van der Waals surface area contributed by atoms with E-state index in [1.54, 1.807) is 0 Å². The van der Waals surface area contributed by atoms with Crippen LogP contribution in [0.3, 0.4) is 0 Å². The van der Waals surface area contributed by atoms with Gasteiger partial charge in [0.25, 0.3) is 0 Å². The molecule has 1 amide bonds. The molecule has 1 aromatic carbocycles. The first kappa shape index (κ1) is 15.7. The van der Waals surface area contributed by atoms with Crippen LogP contribution in [0.1, 0.15) is 39.2 Å². The molecule has 4 heteroatoms. The maximum atomic E-state index is 11.9. The summed E-state index contributed by atoms with van der Waals surface area (Å²) in [4.78, 5) is 11.9. The fourth-order valence-corrected chi connectivity index (χ4v) is 1.63. The van der Waals surface area contributed by atoms with Gasteiger partial charge in [0.2, 0.25) is 5.91 Å². The number of rotatable bonds is 7. The van der Waals surface area contributed by atoms with Crippen molar-refractivity contribution in [3.05, 3.63) is 29.8 Å². The van der Waals surface area contributed by atoms with E-state index in [-0.39, 0.29) is 11.4 Å². The fourth-order valence-electron chi connectivity index (χ4n) is 1.63. The van der Waals surface area contributed by atoms with Crippen LogP contribution in [0.2, 0.25) is 0 Å². The Bertz CT molecular complexity index is 411. The number of carbonyl (C=O) groups excluding carboxylic acids is 1. The largest absolute Gasteiger partial charge is 0.377 e. The Hall–Kier alpha value is -1.39. The van der Waals surface area contributed by atoms with Crippen molar-refractivity contribution in [2.24, 2.45) is 5.73 Å². The summed E-state index contributed by atoms with van der Waals surface area (Å²) in [5.74, 6) is -0.0116. The Morgan fingerprint density at radius 2 is 2.05 bits per heavy atom. The van der Waals surface area contributed by atoms with Gasteiger partial charge in [0.05, 0.1) is 6.61 Å². The molecular formula is C15H24N2O2. The van der Waals surface area contributed by atoms with E-state index >= 15 is 0 Å². The molecule has 1 aromatic rings. The van der Waals surface area contributed by atoms with Crippen molar-refractivity contribution in [3.8, 4) is 0 Å². The summed E-state index contributed by atoms with van der Waals surface area (Å²) in [6.45, 7) is 6.95. The van der Waals surface area contributed by atoms with Crippen molar-refractivity contribution in [2.45, 2.75) is 45.8 Å². The zero-order valence-corrected chi connectivity index (χ0v) is 12.0. The van der Waals surface area contributed by atoms with E-state index in [2.05, 4.69) is 5.32 Å². The Morgan fingerprint density at radius 1 is 1.37 bits per heavy atom. The average Bonchev–Trinajstić information content (AvgIpc) is 2.34. The first-order valence-electron chi connectivity index (χ1n) is 6.67. The van der Waals surface area contributed by atoms with Gasteiger partial charge in [-0.15, -0.1) is 0 Å². The number of nitrogens with one attached hydrogen (secondary N) is 1. The van der Waals surface area contributed by atoms with E-state index in [1.165, 1.54) is 0 Å². The van der Waals surface area contributed by atoms with E-state index in [1.807, 2.05) is 45.0 Å². The Balaban J connectivity index is 2.58. The second-order valence-corrected chi connectivity index (χ2v) is 5.33. The van der Waals surface area contributed by atoms with Crippen LogP contribution in [0.4, 0.5) is 5.69 Å². The summed E-state index contributed by atoms with van der Waals surface area (Å²) >= 11 is 0. The van der Waals surface area contributed by atoms with Crippen molar-refractivity contribution >= 4 is 11.6 Å². The molecule has 0 unspecified atom stereocenters. The molecule has 3 N–H and O–H groups in total. The molecule has 0 heterocycles. The number of nitrogens with two attached hydrogens (primary N) is 1. The van der Waals surface area contributed by atoms with Crippen molar-refractivity contribution in [1.82, 2.24) is 0 Å². The highest BCUT2D eigenvalue weighted by molar-refractivity contribution is 5.91. The molecule has 106 valence electrons. The molecule has 4 nitrogen and oxygen atoms in total. The molecule has 0 saturated heterocycles. The lowest BCUT2D eigenvalue weighted by Crippen LogP contribution is -2.33. The summed E-state index contributed by atoms with van der Waals surface area (Å²) < 4.78 is 5.38. The monoisotopic (exact) mass is 264 g/mol. The van der Waals surface area contributed by atoms with Crippen LogP contribution in [0.5, 0.6) is 0 Å². The van der Waals surface area contributed by atoms with E-state index in [0.29, 0.717) is 26.1 Å². The van der Waals surface area contributed by atoms with Gasteiger partial charge >= 0.3 is 0 Å². The Kier molecular flexibility index (Phi) is 5.99. The minimum atomic E-state index is -0.317. The van der Waals surface area contributed by atoms with Crippen LogP contribution in [-0.4, -0.2) is 18.1 Å². The number of amides is 1. The predicted molar refractivity (Wildman–Crippen MR) is 77.9 cm³/mol. The van der Waals surface area contributed by atoms with E-state index in [4.69, 9.17) is 10.5 Å². The normalized spacial score (nSPS) is 11.4. The van der Waals surface area contributed by atoms with Gasteiger partial charge < -0.3 is 15.8 Å². The summed E-state index contributed by atoms with van der Waals surface area (Å²) in [7, 11) is 0. The predicted octanol–water partition coefficient (Wildman–Crippen LogP) is 2.68. The van der Waals surface area contributed by atoms with E-state index < -0.39 is 0 Å². The topological polar surface area (TPSA) is 64.3 Å². The lowest BCUT2D eigenvalue weighted by molar-refractivity contribution is -0.116. The molecule has 0 spiro atoms. The van der Waals surface area contributed by atoms with Gasteiger partial charge in [-0.25, -0.2) is 0 Å². The highest BCUT2D eigenvalue weighted by atomic mass is 16.5. The van der Waals surface area contributed by atoms with Crippen LogP contribution >= 0.6 is 0 Å². The van der Waals surface area contributed by atoms with Crippen molar-refractivity contribution < 1.29 is 9.53 Å². The number of para-hydroxylation sites is 1. The van der Waals surface area contributed by atoms with E-state index in [0.717, 1.165) is 11.3 Å². The molecule has 0 fully saturated rings. The molecule has 0 aliphatic rings. The van der Waals surface area contributed by atoms with Gasteiger partial charge in [-0.1, -0.05) is 18.2 Å². The van der Waals surface area contributed by atoms with Crippen LogP contribution < -0.4 is 11.1 Å². The van der Waals surface area contributed by atoms with Gasteiger partial charge in [-0.2, -0.15) is 0 Å². The first-order valence-corrected chi connectivity index (χ1v) is 6.67. The molecule has 0 saturated carbocycles. The third kappa shape index (κ3) is 6.36. The van der Waals surface area contributed by atoms with Crippen LogP contribution in [0.15, 0.2) is 24.3 Å². The molecule has 1 rings (SSSR count). The highest BCUT2D eigenvalue weighted by Crippen LogP contribution is 2.17. The number of carbonyl (C=O) groups is 1. The van der Waals surface area contributed by atoms with Crippen LogP contribution in [-0.2, 0) is 16.1 Å². The quantitative estimate of drug-likeness (QED) is 0.795. The van der Waals surface area contributed by atoms with Gasteiger partial charge in [0.1, 0.15) is 0 Å². The summed E-state index contributed by atoms with van der Waals surface area (Å²) in [5, 5.41) is 2.92. The maximum absolute atomic E-state index is 11.9. The number of benzene rings is 1. The van der Waals surface area contributed by atoms with Crippen molar-refractivity contribution in [2.75, 3.05) is 11.9 Å². The maximum Gasteiger partial charge on any atom is 0.224 e. The number of anilines is 1. The third-order valence-corrected chi connectivity index (χ3v) is 2.75. The van der Waals surface area contributed by atoms with Crippen LogP contribution in [0.25, 0.3) is 0 Å². The number of hydrogen-bond donors (Lipinski definition) is 2. The van der Waals surface area contributed by atoms with Crippen molar-refractivity contribution in [3.63, 3.8) is 0 Å². The SMILES string of the molecule is CCOCc1ccccc1NC(=O)CCC(C)(C)N. The fraction of sp³-hybridized carbons (Fsp3) is 0.533. The highest BCUT2D eigenvalue weighted by Gasteiger charge is 2.14. The summed E-state index contributed by atoms with van der Waals surface area (Å²) in [5.41, 5.74) is 7.36. The van der Waals surface area contributed by atoms with E-state index in [9.17, 15) is 4.79 Å². The second-order valence-electron chi connectivity index (χ2n) is 5.33. The lowest BCUT2D eigenvalue weighted by Gasteiger charge is -2.18. The smallest absolute Gasteiger partial charge is 0.224 e. The third-order valence-electron chi connectivity index (χ3n) is 2.75. The molecule has 0 atom stereocenters. The minimum absolute atomic E-state index is 0.0116. The van der Waals surface area contributed by atoms with Gasteiger partial charge in [-0.05, 0) is 33.3 Å². The lowest BCUT2D eigenvalue weighted by atomic mass is 10.00. The zero-order valence-electron chi connectivity index (χ0n) is 12.0. The van der Waals surface area contributed by atoms with Gasteiger partial charge in [0, 0.05) is 29.8 Å². The molecule has 0 aromatic heterocycles. The zero-order chi connectivity index (χ0) is 14.3. The summed E-state index contributed by atoms with van der Waals surface area (Å²) in [6, 6.07) is 7.68.